The predicted molar refractivity (Wildman–Crippen MR) is 388 cm³/mol. The van der Waals surface area contributed by atoms with Crippen molar-refractivity contribution in [3.8, 4) is 0 Å². The Balaban J connectivity index is 0.724. The summed E-state index contributed by atoms with van der Waals surface area (Å²) in [6.07, 6.45) is 3.37. The molecule has 5 aliphatic carbocycles. The number of halogens is 2. The van der Waals surface area contributed by atoms with E-state index in [9.17, 15) is 56.7 Å². The topological polar surface area (TPSA) is 469 Å². The number of ketones is 2. The second-order valence-corrected chi connectivity index (χ2v) is 31.0. The number of unbranched alkanes of at least 4 members (excludes halogenated alkanes) is 1. The molecule has 2 aromatic rings. The van der Waals surface area contributed by atoms with Crippen LogP contribution in [0.2, 0.25) is 0 Å². The quantitative estimate of drug-likeness (QED) is 0.0335. The fraction of sp³-hybridized carbons (Fsp3) is 0.712. The smallest absolute Gasteiger partial charge is 0.407 e. The molecule has 1 saturated heterocycles. The Morgan fingerprint density at radius 1 is 0.817 bits per heavy atom. The maximum Gasteiger partial charge on any atom is 0.407 e. The zero-order valence-corrected chi connectivity index (χ0v) is 63.6. The third-order valence-corrected chi connectivity index (χ3v) is 22.2. The lowest BCUT2D eigenvalue weighted by Gasteiger charge is -2.63. The summed E-state index contributed by atoms with van der Waals surface area (Å²) in [6, 6.07) is 2.12. The lowest BCUT2D eigenvalue weighted by atomic mass is 9.44. The van der Waals surface area contributed by atoms with Gasteiger partial charge in [0.05, 0.1) is 95.6 Å². The summed E-state index contributed by atoms with van der Waals surface area (Å²) >= 11 is 0. The molecule has 13 N–H and O–H groups in total. The number of aromatic nitrogens is 3. The molecule has 109 heavy (non-hydrogen) atoms. The number of primary amides is 1. The van der Waals surface area contributed by atoms with Gasteiger partial charge in [0.1, 0.15) is 43.3 Å². The van der Waals surface area contributed by atoms with Crippen molar-refractivity contribution in [3.05, 3.63) is 65.0 Å². The monoisotopic (exact) mass is 1560 g/mol. The Labute approximate surface area is 633 Å². The number of hydrogen-bond acceptors (Lipinski definition) is 23. The lowest BCUT2D eigenvalue weighted by Crippen LogP contribution is -2.71. The minimum Gasteiger partial charge on any atom is -0.445 e. The average Bonchev–Trinajstić information content (AvgIpc) is 1.54. The maximum atomic E-state index is 18.0. The minimum atomic E-state index is -4.14. The van der Waals surface area contributed by atoms with Gasteiger partial charge in [-0.2, -0.15) is 8.42 Å². The molecule has 6 aliphatic rings. The second-order valence-electron chi connectivity index (χ2n) is 29.4. The van der Waals surface area contributed by atoms with E-state index in [0.29, 0.717) is 95.2 Å². The van der Waals surface area contributed by atoms with Crippen LogP contribution in [-0.4, -0.2) is 232 Å². The molecular weight excluding hydrogens is 1450 g/mol. The molecule has 36 heteroatoms. The molecule has 2 unspecified atom stereocenters. The maximum absolute atomic E-state index is 18.0. The summed E-state index contributed by atoms with van der Waals surface area (Å²) in [5.74, 6) is -6.52. The van der Waals surface area contributed by atoms with Crippen molar-refractivity contribution in [2.24, 2.45) is 40.1 Å². The van der Waals surface area contributed by atoms with Crippen LogP contribution in [0, 0.1) is 28.6 Å². The number of fused-ring (bicyclic) bond motifs is 8. The summed E-state index contributed by atoms with van der Waals surface area (Å²) in [5.41, 5.74) is 6.91. The number of rotatable bonds is 44. The Morgan fingerprint density at radius 2 is 1.50 bits per heavy atom. The molecule has 4 fully saturated rings. The largest absolute Gasteiger partial charge is 0.445 e. The molecule has 8 rings (SSSR count). The van der Waals surface area contributed by atoms with Crippen molar-refractivity contribution < 1.29 is 108 Å². The number of anilines is 1. The number of urea groups is 1. The van der Waals surface area contributed by atoms with E-state index in [1.165, 1.54) is 31.2 Å². The molecule has 3 saturated carbocycles. The van der Waals surface area contributed by atoms with E-state index in [1.54, 1.807) is 37.6 Å². The number of alkyl carbamates (subject to hydrolysis) is 1. The Kier molecular flexibility index (Phi) is 32.4. The number of aliphatic hydroxyl groups excluding tert-OH is 1. The third-order valence-electron chi connectivity index (χ3n) is 21.5. The summed E-state index contributed by atoms with van der Waals surface area (Å²) in [7, 11) is -4.14. The molecule has 8 amide bonds. The number of Topliss-reactive ketones (excluding diaryl/α,β-unsaturated/α-hetero) is 1. The number of carbonyl (C=O) groups excluding carboxylic acids is 9. The standard InChI is InChI=1S/C73H110F2N12O21S/c1-6-13-62-107-59-40-49-50-39-52(74)51-38-48(88)22-24-70(51,4)72(50,75)57(89)41-71(49,5)73(59,108-62)58(90)42-81-69(97)106-43-46-18-20-47(21-19-46)82-66(94)54(15-12-26-80-68(77)96)83-67(95)63(45(2)3)84-65(93)53(76)14-10-11-25-78-61(92)44-105-56-17-9-7-8-16-55-64(56)85-86-87(55)28-30-102-32-34-104-36-35-103-33-31-101-29-23-60(91)79-27-37-109(98,99)100/h18-22,24,38,45,49-50,52-54,56-57,59,62-63,89H,6-17,23,25-37,39-44,76H2,1-5H3,(H,78,92)(H,79,91)(H,81,97)(H,82,94)(H,83,95)(H,84,93)(H3,77,80,96)(H,98,99,100)/t49-,50-,52-,53+,54-,56?,57-,59+,62?,63-,70-,71-,72-,73+/m0/s1. The molecule has 1 aromatic carbocycles. The minimum absolute atomic E-state index is 0.0253. The molecule has 33 nitrogen and oxygen atoms in total. The zero-order valence-electron chi connectivity index (χ0n) is 62.8. The lowest BCUT2D eigenvalue weighted by molar-refractivity contribution is -0.233. The van der Waals surface area contributed by atoms with Gasteiger partial charge >= 0.3 is 12.1 Å². The van der Waals surface area contributed by atoms with Crippen LogP contribution in [-0.2, 0) is 101 Å². The number of allylic oxidation sites excluding steroid dienone is 4. The number of benzene rings is 1. The highest BCUT2D eigenvalue weighted by atomic mass is 32.2. The van der Waals surface area contributed by atoms with E-state index in [-0.39, 0.29) is 102 Å². The molecular formula is C73H110F2N12O21S. The van der Waals surface area contributed by atoms with E-state index in [2.05, 4.69) is 47.5 Å². The number of amides is 8. The van der Waals surface area contributed by atoms with Gasteiger partial charge in [-0.1, -0.05) is 70.4 Å². The van der Waals surface area contributed by atoms with Gasteiger partial charge in [-0.15, -0.1) is 5.10 Å². The third kappa shape index (κ3) is 22.9. The molecule has 0 radical (unpaired) electrons. The van der Waals surface area contributed by atoms with Crippen molar-refractivity contribution in [2.45, 2.75) is 211 Å². The Hall–Kier alpha value is -7.52. The van der Waals surface area contributed by atoms with E-state index in [0.717, 1.165) is 37.5 Å². The van der Waals surface area contributed by atoms with Gasteiger partial charge in [-0.05, 0) is 131 Å². The SMILES string of the molecule is CCCC1O[C@@H]2C[C@H]3[C@@H]4C[C@H](F)C5=CC(=O)C=C[C@]5(C)[C@@]4(F)[C@@H](O)C[C@]3(C)[C@]2(C(=O)CNC(=O)OCc2ccc(NC(=O)[C@H](CCCNC(N)=O)NC(=O)[C@@H](NC(=O)[C@H](N)CCCCNC(=O)COC3CCCCCc4c3nnn4CCOCCOCCOCCOCCC(=O)NCCS(=O)(=O)O)C(C)C)cc2)O1. The van der Waals surface area contributed by atoms with Gasteiger partial charge in [-0.25, -0.2) is 23.1 Å². The van der Waals surface area contributed by atoms with Crippen LogP contribution >= 0.6 is 0 Å². The van der Waals surface area contributed by atoms with Crippen molar-refractivity contribution in [1.82, 2.24) is 46.9 Å². The first-order valence-electron chi connectivity index (χ1n) is 37.8. The number of ether oxygens (including phenoxy) is 8. The Bertz CT molecular complexity index is 3630. The molecule has 0 spiro atoms. The normalized spacial score (nSPS) is 26.3. The first-order valence-corrected chi connectivity index (χ1v) is 39.4. The van der Waals surface area contributed by atoms with Gasteiger partial charge in [0, 0.05) is 48.5 Å². The van der Waals surface area contributed by atoms with Gasteiger partial charge < -0.3 is 91.7 Å². The van der Waals surface area contributed by atoms with Crippen molar-refractivity contribution in [1.29, 1.82) is 0 Å². The van der Waals surface area contributed by atoms with Gasteiger partial charge in [0.25, 0.3) is 10.1 Å². The highest BCUT2D eigenvalue weighted by Gasteiger charge is 2.80. The number of aliphatic hydroxyl groups is 1. The van der Waals surface area contributed by atoms with Crippen LogP contribution in [0.25, 0.3) is 0 Å². The first-order chi connectivity index (χ1) is 51.9. The van der Waals surface area contributed by atoms with Gasteiger partial charge in [0.2, 0.25) is 29.5 Å². The summed E-state index contributed by atoms with van der Waals surface area (Å²) in [4.78, 5) is 118. The van der Waals surface area contributed by atoms with Gasteiger partial charge in [0.15, 0.2) is 29.1 Å². The predicted octanol–water partition coefficient (Wildman–Crippen LogP) is 3.24. The number of alkyl halides is 2. The molecule has 1 aliphatic heterocycles. The van der Waals surface area contributed by atoms with Crippen LogP contribution in [0.5, 0.6) is 0 Å². The second kappa shape index (κ2) is 40.6. The van der Waals surface area contributed by atoms with Crippen LogP contribution < -0.4 is 48.7 Å². The average molecular weight is 1560 g/mol. The molecule has 14 atom stereocenters. The van der Waals surface area contributed by atoms with Crippen molar-refractivity contribution in [2.75, 3.05) is 96.7 Å². The molecule has 608 valence electrons. The molecule has 2 heterocycles. The summed E-state index contributed by atoms with van der Waals surface area (Å²) in [6.45, 7) is 10.5. The van der Waals surface area contributed by atoms with Crippen molar-refractivity contribution >= 4 is 69.0 Å². The van der Waals surface area contributed by atoms with E-state index in [1.807, 2.05) is 6.92 Å². The fourth-order valence-electron chi connectivity index (χ4n) is 15.8. The van der Waals surface area contributed by atoms with Crippen LogP contribution in [0.1, 0.15) is 154 Å². The van der Waals surface area contributed by atoms with Crippen LogP contribution in [0.3, 0.4) is 0 Å². The van der Waals surface area contributed by atoms with Gasteiger partial charge in [-0.3, -0.25) is 38.1 Å². The zero-order chi connectivity index (χ0) is 79.1. The number of carbonyl (C=O) groups is 9. The number of nitrogens with zero attached hydrogens (tertiary/aromatic N) is 3. The summed E-state index contributed by atoms with van der Waals surface area (Å²) in [5, 5.41) is 39.3. The molecule has 1 aromatic heterocycles. The van der Waals surface area contributed by atoms with E-state index >= 15 is 8.78 Å². The van der Waals surface area contributed by atoms with E-state index < -0.39 is 158 Å². The first kappa shape index (κ1) is 87.1. The highest BCUT2D eigenvalue weighted by Crippen LogP contribution is 2.72. The number of nitrogens with one attached hydrogen (secondary N) is 7. The highest BCUT2D eigenvalue weighted by molar-refractivity contribution is 7.85. The summed E-state index contributed by atoms with van der Waals surface area (Å²) < 4.78 is 113. The van der Waals surface area contributed by atoms with Crippen LogP contribution in [0.4, 0.5) is 24.1 Å². The number of nitrogens with two attached hydrogens (primary N) is 2. The number of hydrogen-bond donors (Lipinski definition) is 11. The van der Waals surface area contributed by atoms with Crippen molar-refractivity contribution in [3.63, 3.8) is 0 Å². The fourth-order valence-corrected chi connectivity index (χ4v) is 16.2. The van der Waals surface area contributed by atoms with Crippen LogP contribution in [0.15, 0.2) is 48.1 Å². The molecule has 0 bridgehead atoms. The van der Waals surface area contributed by atoms with E-state index in [4.69, 9.17) is 53.9 Å². The Morgan fingerprint density at radius 3 is 2.19 bits per heavy atom.